The predicted molar refractivity (Wildman–Crippen MR) is 92.6 cm³/mol. The Kier molecular flexibility index (Phi) is 6.23. The first kappa shape index (κ1) is 18.7. The van der Waals surface area contributed by atoms with E-state index in [4.69, 9.17) is 27.9 Å². The highest BCUT2D eigenvalue weighted by Gasteiger charge is 2.29. The Morgan fingerprint density at radius 3 is 2.46 bits per heavy atom. The fraction of sp³-hybridized carbons (Fsp3) is 0.188. The van der Waals surface area contributed by atoms with E-state index in [-0.39, 0.29) is 21.5 Å². The average Bonchev–Trinajstić information content (AvgIpc) is 2.56. The van der Waals surface area contributed by atoms with Crippen LogP contribution in [0, 0.1) is 0 Å². The summed E-state index contributed by atoms with van der Waals surface area (Å²) in [5.41, 5.74) is 0.456. The normalized spacial score (nSPS) is 12.6. The number of esters is 1. The lowest BCUT2D eigenvalue weighted by Crippen LogP contribution is -2.35. The van der Waals surface area contributed by atoms with Crippen LogP contribution in [0.5, 0.6) is 0 Å². The third-order valence-corrected chi connectivity index (χ3v) is 5.25. The van der Waals surface area contributed by atoms with Crippen LogP contribution < -0.4 is 4.72 Å². The van der Waals surface area contributed by atoms with Crippen LogP contribution in [0.3, 0.4) is 0 Å². The average molecular weight is 388 g/mol. The van der Waals surface area contributed by atoms with E-state index in [1.807, 2.05) is 0 Å². The highest BCUT2D eigenvalue weighted by molar-refractivity contribution is 7.89. The third-order valence-electron chi connectivity index (χ3n) is 3.11. The molecule has 0 saturated carbocycles. The summed E-state index contributed by atoms with van der Waals surface area (Å²) in [7, 11) is -4.09. The number of halogens is 2. The molecule has 0 fully saturated rings. The third kappa shape index (κ3) is 4.48. The van der Waals surface area contributed by atoms with Crippen molar-refractivity contribution in [2.75, 3.05) is 6.61 Å². The Balaban J connectivity index is 2.41. The van der Waals surface area contributed by atoms with Crippen LogP contribution in [0.15, 0.2) is 53.4 Å². The number of sulfonamides is 1. The van der Waals surface area contributed by atoms with Gasteiger partial charge >= 0.3 is 5.97 Å². The van der Waals surface area contributed by atoms with Crippen LogP contribution in [0.2, 0.25) is 10.0 Å². The molecule has 0 radical (unpaired) electrons. The summed E-state index contributed by atoms with van der Waals surface area (Å²) < 4.78 is 32.6. The zero-order valence-corrected chi connectivity index (χ0v) is 15.0. The second kappa shape index (κ2) is 7.98. The van der Waals surface area contributed by atoms with Crippen LogP contribution in [0.25, 0.3) is 0 Å². The summed E-state index contributed by atoms with van der Waals surface area (Å²) in [4.78, 5) is 12.0. The second-order valence-corrected chi connectivity index (χ2v) is 7.32. The highest BCUT2D eigenvalue weighted by atomic mass is 35.5. The number of hydrogen-bond acceptors (Lipinski definition) is 4. The van der Waals surface area contributed by atoms with Gasteiger partial charge in [-0.2, -0.15) is 4.72 Å². The Hall–Kier alpha value is -1.60. The van der Waals surface area contributed by atoms with Crippen LogP contribution in [-0.2, 0) is 19.6 Å². The molecule has 128 valence electrons. The van der Waals surface area contributed by atoms with E-state index < -0.39 is 22.0 Å². The molecule has 0 amide bonds. The van der Waals surface area contributed by atoms with Crippen molar-refractivity contribution in [1.29, 1.82) is 0 Å². The molecule has 2 aromatic rings. The van der Waals surface area contributed by atoms with Gasteiger partial charge in [-0.05, 0) is 30.7 Å². The maximum atomic E-state index is 12.6. The van der Waals surface area contributed by atoms with Gasteiger partial charge in [0.15, 0.2) is 0 Å². The van der Waals surface area contributed by atoms with Gasteiger partial charge in [0, 0.05) is 5.02 Å². The largest absolute Gasteiger partial charge is 0.465 e. The molecule has 0 aromatic heterocycles. The van der Waals surface area contributed by atoms with Gasteiger partial charge in [-0.25, -0.2) is 13.2 Å². The van der Waals surface area contributed by atoms with Crippen molar-refractivity contribution < 1.29 is 17.9 Å². The van der Waals surface area contributed by atoms with E-state index in [1.54, 1.807) is 37.3 Å². The first-order valence-electron chi connectivity index (χ1n) is 7.04. The summed E-state index contributed by atoms with van der Waals surface area (Å²) in [6, 6.07) is 11.3. The predicted octanol–water partition coefficient (Wildman–Crippen LogP) is 3.58. The quantitative estimate of drug-likeness (QED) is 0.768. The van der Waals surface area contributed by atoms with Gasteiger partial charge in [0.2, 0.25) is 10.0 Å². The molecule has 2 rings (SSSR count). The highest BCUT2D eigenvalue weighted by Crippen LogP contribution is 2.27. The van der Waals surface area contributed by atoms with Crippen LogP contribution >= 0.6 is 23.2 Å². The lowest BCUT2D eigenvalue weighted by molar-refractivity contribution is -0.145. The molecule has 5 nitrogen and oxygen atoms in total. The van der Waals surface area contributed by atoms with Gasteiger partial charge in [0.1, 0.15) is 10.9 Å². The van der Waals surface area contributed by atoms with Gasteiger partial charge < -0.3 is 4.74 Å². The van der Waals surface area contributed by atoms with Crippen LogP contribution in [-0.4, -0.2) is 21.0 Å². The van der Waals surface area contributed by atoms with Gasteiger partial charge in [0.05, 0.1) is 11.6 Å². The molecular formula is C16H15Cl2NO4S. The minimum Gasteiger partial charge on any atom is -0.465 e. The zero-order valence-electron chi connectivity index (χ0n) is 12.7. The van der Waals surface area contributed by atoms with E-state index in [0.29, 0.717) is 5.56 Å². The second-order valence-electron chi connectivity index (χ2n) is 4.79. The Morgan fingerprint density at radius 1 is 1.17 bits per heavy atom. The van der Waals surface area contributed by atoms with Gasteiger partial charge in [-0.15, -0.1) is 0 Å². The molecule has 8 heteroatoms. The fourth-order valence-electron chi connectivity index (χ4n) is 2.03. The standard InChI is InChI=1S/C16H15Cl2NO4S/c1-2-23-16(20)15(11-6-4-3-5-7-11)19-24(21,22)14-10-12(17)8-9-13(14)18/h3-10,15,19H,2H2,1H3/t15-/m1/s1. The number of nitrogens with one attached hydrogen (secondary N) is 1. The molecule has 2 aromatic carbocycles. The van der Waals surface area contributed by atoms with Gasteiger partial charge in [0.25, 0.3) is 0 Å². The molecule has 0 bridgehead atoms. The smallest absolute Gasteiger partial charge is 0.328 e. The Morgan fingerprint density at radius 2 is 1.83 bits per heavy atom. The maximum Gasteiger partial charge on any atom is 0.328 e. The van der Waals surface area contributed by atoms with Crippen LogP contribution in [0.4, 0.5) is 0 Å². The lowest BCUT2D eigenvalue weighted by atomic mass is 10.1. The number of hydrogen-bond donors (Lipinski definition) is 1. The molecule has 0 heterocycles. The van der Waals surface area contributed by atoms with E-state index in [1.165, 1.54) is 18.2 Å². The molecule has 0 saturated heterocycles. The molecule has 0 unspecified atom stereocenters. The molecule has 0 aliphatic carbocycles. The summed E-state index contributed by atoms with van der Waals surface area (Å²) in [5, 5.41) is 0.217. The molecule has 0 aliphatic heterocycles. The minimum absolute atomic E-state index is 0.00238. The topological polar surface area (TPSA) is 72.5 Å². The minimum atomic E-state index is -4.09. The van der Waals surface area contributed by atoms with Crippen molar-refractivity contribution in [2.45, 2.75) is 17.9 Å². The van der Waals surface area contributed by atoms with Crippen molar-refractivity contribution >= 4 is 39.2 Å². The molecule has 0 spiro atoms. The van der Waals surface area contributed by atoms with Crippen molar-refractivity contribution in [3.63, 3.8) is 0 Å². The molecule has 1 N–H and O–H groups in total. The van der Waals surface area contributed by atoms with Crippen molar-refractivity contribution in [3.05, 3.63) is 64.1 Å². The molecule has 1 atom stereocenters. The first-order valence-corrected chi connectivity index (χ1v) is 9.28. The van der Waals surface area contributed by atoms with Crippen molar-refractivity contribution in [1.82, 2.24) is 4.72 Å². The number of rotatable bonds is 6. The van der Waals surface area contributed by atoms with Crippen LogP contribution in [0.1, 0.15) is 18.5 Å². The monoisotopic (exact) mass is 387 g/mol. The summed E-state index contributed by atoms with van der Waals surface area (Å²) in [5.74, 6) is -0.703. The van der Waals surface area contributed by atoms with E-state index in [0.717, 1.165) is 0 Å². The van der Waals surface area contributed by atoms with E-state index in [9.17, 15) is 13.2 Å². The number of carbonyl (C=O) groups is 1. The van der Waals surface area contributed by atoms with E-state index in [2.05, 4.69) is 4.72 Å². The maximum absolute atomic E-state index is 12.6. The first-order chi connectivity index (χ1) is 11.3. The number of carbonyl (C=O) groups excluding carboxylic acids is 1. The molecule has 0 aliphatic rings. The van der Waals surface area contributed by atoms with Crippen molar-refractivity contribution in [3.8, 4) is 0 Å². The van der Waals surface area contributed by atoms with Crippen molar-refractivity contribution in [2.24, 2.45) is 0 Å². The number of ether oxygens (including phenoxy) is 1. The zero-order chi connectivity index (χ0) is 17.7. The fourth-order valence-corrected chi connectivity index (χ4v) is 3.96. The Labute approximate surface area is 150 Å². The molecular weight excluding hydrogens is 373 g/mol. The summed E-state index contributed by atoms with van der Waals surface area (Å²) in [6.45, 7) is 1.77. The Bertz CT molecular complexity index is 825. The van der Waals surface area contributed by atoms with Gasteiger partial charge in [-0.1, -0.05) is 53.5 Å². The lowest BCUT2D eigenvalue weighted by Gasteiger charge is -2.18. The summed E-state index contributed by atoms with van der Waals surface area (Å²) in [6.07, 6.45) is 0. The van der Waals surface area contributed by atoms with Gasteiger partial charge in [-0.3, -0.25) is 0 Å². The number of benzene rings is 2. The molecule has 24 heavy (non-hydrogen) atoms. The summed E-state index contributed by atoms with van der Waals surface area (Å²) >= 11 is 11.8. The SMILES string of the molecule is CCOC(=O)[C@H](NS(=O)(=O)c1cc(Cl)ccc1Cl)c1ccccc1. The van der Waals surface area contributed by atoms with E-state index >= 15 is 0 Å².